The lowest BCUT2D eigenvalue weighted by molar-refractivity contribution is 0.201. The third kappa shape index (κ3) is 4.19. The number of nitrogens with zero attached hydrogens (tertiary/aromatic N) is 6. The van der Waals surface area contributed by atoms with Gasteiger partial charge in [-0.25, -0.2) is 4.68 Å². The first kappa shape index (κ1) is 19.8. The van der Waals surface area contributed by atoms with E-state index >= 15 is 0 Å². The smallest absolute Gasteiger partial charge is 0.173 e. The number of para-hydroxylation sites is 1. The van der Waals surface area contributed by atoms with Gasteiger partial charge in [-0.1, -0.05) is 48.0 Å². The first-order valence-corrected chi connectivity index (χ1v) is 10.7. The summed E-state index contributed by atoms with van der Waals surface area (Å²) in [5.74, 6) is 1.57. The summed E-state index contributed by atoms with van der Waals surface area (Å²) in [6.07, 6.45) is 1.66. The van der Waals surface area contributed by atoms with Crippen molar-refractivity contribution in [2.45, 2.75) is 12.6 Å². The minimum Gasteiger partial charge on any atom is -0.467 e. The Morgan fingerprint density at radius 1 is 0.903 bits per heavy atom. The van der Waals surface area contributed by atoms with E-state index < -0.39 is 0 Å². The zero-order valence-corrected chi connectivity index (χ0v) is 17.8. The van der Waals surface area contributed by atoms with Crippen molar-refractivity contribution in [1.29, 1.82) is 0 Å². The molecule has 1 aliphatic heterocycles. The maximum Gasteiger partial charge on any atom is 0.173 e. The summed E-state index contributed by atoms with van der Waals surface area (Å²) >= 11 is 6.64. The standard InChI is InChI=1S/C23H23ClN6O/c24-21-11-5-4-10-20(21)22(23-25-26-27-30(23)17-19-9-6-16-31-19)29-14-12-28(13-15-29)18-7-2-1-3-8-18/h1-11,16,22H,12-15,17H2/t22-/m0/s1. The number of halogens is 1. The van der Waals surface area contributed by atoms with Gasteiger partial charge in [-0.2, -0.15) is 0 Å². The molecule has 2 aromatic heterocycles. The average molecular weight is 435 g/mol. The number of rotatable bonds is 6. The van der Waals surface area contributed by atoms with E-state index in [-0.39, 0.29) is 6.04 Å². The van der Waals surface area contributed by atoms with Crippen LogP contribution in [0.25, 0.3) is 0 Å². The Kier molecular flexibility index (Phi) is 5.69. The van der Waals surface area contributed by atoms with Gasteiger partial charge >= 0.3 is 0 Å². The van der Waals surface area contributed by atoms with E-state index in [4.69, 9.17) is 16.0 Å². The fourth-order valence-electron chi connectivity index (χ4n) is 4.14. The van der Waals surface area contributed by atoms with E-state index in [1.807, 2.05) is 36.4 Å². The Balaban J connectivity index is 1.44. The molecule has 0 saturated carbocycles. The molecular weight excluding hydrogens is 412 g/mol. The topological polar surface area (TPSA) is 63.2 Å². The van der Waals surface area contributed by atoms with E-state index in [2.05, 4.69) is 55.7 Å². The Bertz CT molecular complexity index is 1110. The molecule has 31 heavy (non-hydrogen) atoms. The number of benzene rings is 2. The van der Waals surface area contributed by atoms with Crippen molar-refractivity contribution in [3.8, 4) is 0 Å². The highest BCUT2D eigenvalue weighted by Gasteiger charge is 2.32. The molecule has 8 heteroatoms. The Morgan fingerprint density at radius 3 is 2.42 bits per heavy atom. The maximum absolute atomic E-state index is 6.64. The van der Waals surface area contributed by atoms with Gasteiger partial charge in [-0.05, 0) is 46.3 Å². The van der Waals surface area contributed by atoms with Gasteiger partial charge in [-0.3, -0.25) is 4.90 Å². The highest BCUT2D eigenvalue weighted by Crippen LogP contribution is 2.33. The average Bonchev–Trinajstić information content (AvgIpc) is 3.49. The SMILES string of the molecule is Clc1ccccc1[C@@H](c1nnnn1Cc1ccco1)N1CCN(c2ccccc2)CC1. The van der Waals surface area contributed by atoms with Gasteiger partial charge in [0.05, 0.1) is 12.3 Å². The fourth-order valence-corrected chi connectivity index (χ4v) is 4.38. The highest BCUT2D eigenvalue weighted by molar-refractivity contribution is 6.31. The van der Waals surface area contributed by atoms with Gasteiger partial charge in [-0.15, -0.1) is 5.10 Å². The first-order chi connectivity index (χ1) is 15.3. The Morgan fingerprint density at radius 2 is 1.68 bits per heavy atom. The molecule has 2 aromatic carbocycles. The van der Waals surface area contributed by atoms with Crippen LogP contribution in [0.2, 0.25) is 5.02 Å². The maximum atomic E-state index is 6.64. The molecule has 0 spiro atoms. The van der Waals surface area contributed by atoms with Gasteiger partial charge in [0.2, 0.25) is 0 Å². The molecule has 158 valence electrons. The van der Waals surface area contributed by atoms with Gasteiger partial charge in [0.25, 0.3) is 0 Å². The van der Waals surface area contributed by atoms with E-state index in [9.17, 15) is 0 Å². The van der Waals surface area contributed by atoms with Gasteiger partial charge in [0, 0.05) is 36.9 Å². The van der Waals surface area contributed by atoms with Gasteiger partial charge in [0.1, 0.15) is 12.3 Å². The molecule has 1 fully saturated rings. The van der Waals surface area contributed by atoms with Gasteiger partial charge in [0.15, 0.2) is 5.82 Å². The quantitative estimate of drug-likeness (QED) is 0.459. The number of hydrogen-bond donors (Lipinski definition) is 0. The van der Waals surface area contributed by atoms with Crippen molar-refractivity contribution in [2.75, 3.05) is 31.1 Å². The molecule has 0 aliphatic carbocycles. The lowest BCUT2D eigenvalue weighted by Crippen LogP contribution is -2.48. The van der Waals surface area contributed by atoms with Crippen molar-refractivity contribution in [1.82, 2.24) is 25.1 Å². The zero-order chi connectivity index (χ0) is 21.0. The third-order valence-corrected chi connectivity index (χ3v) is 6.03. The number of furan rings is 1. The van der Waals surface area contributed by atoms with E-state index in [0.29, 0.717) is 11.6 Å². The second-order valence-corrected chi connectivity index (χ2v) is 7.96. The molecule has 1 saturated heterocycles. The number of tetrazole rings is 1. The molecule has 7 nitrogen and oxygen atoms in total. The van der Waals surface area contributed by atoms with Crippen LogP contribution >= 0.6 is 11.6 Å². The largest absolute Gasteiger partial charge is 0.467 e. The summed E-state index contributed by atoms with van der Waals surface area (Å²) in [5.41, 5.74) is 2.26. The second-order valence-electron chi connectivity index (χ2n) is 7.56. The molecule has 4 aromatic rings. The number of piperazine rings is 1. The number of hydrogen-bond acceptors (Lipinski definition) is 6. The molecule has 0 unspecified atom stereocenters. The predicted molar refractivity (Wildman–Crippen MR) is 119 cm³/mol. The van der Waals surface area contributed by atoms with Gasteiger partial charge < -0.3 is 9.32 Å². The van der Waals surface area contributed by atoms with Crippen LogP contribution in [-0.4, -0.2) is 51.3 Å². The summed E-state index contributed by atoms with van der Waals surface area (Å²) in [6.45, 7) is 4.06. The van der Waals surface area contributed by atoms with Crippen molar-refractivity contribution in [2.24, 2.45) is 0 Å². The summed E-state index contributed by atoms with van der Waals surface area (Å²) in [7, 11) is 0. The van der Waals surface area contributed by atoms with Crippen LogP contribution in [0.3, 0.4) is 0 Å². The molecule has 1 aliphatic rings. The van der Waals surface area contributed by atoms with Crippen LogP contribution < -0.4 is 4.90 Å². The lowest BCUT2D eigenvalue weighted by Gasteiger charge is -2.40. The van der Waals surface area contributed by atoms with Crippen LogP contribution in [0.1, 0.15) is 23.2 Å². The first-order valence-electron chi connectivity index (χ1n) is 10.4. The van der Waals surface area contributed by atoms with Crippen molar-refractivity contribution < 1.29 is 4.42 Å². The third-order valence-electron chi connectivity index (χ3n) is 5.69. The summed E-state index contributed by atoms with van der Waals surface area (Å²) in [6, 6.07) is 22.1. The number of anilines is 1. The molecule has 0 bridgehead atoms. The van der Waals surface area contributed by atoms with Crippen molar-refractivity contribution in [3.63, 3.8) is 0 Å². The van der Waals surface area contributed by atoms with Crippen LogP contribution in [-0.2, 0) is 6.54 Å². The number of aromatic nitrogens is 4. The molecule has 5 rings (SSSR count). The van der Waals surface area contributed by atoms with E-state index in [1.54, 1.807) is 10.9 Å². The Hall–Kier alpha value is -3.16. The monoisotopic (exact) mass is 434 g/mol. The van der Waals surface area contributed by atoms with Crippen molar-refractivity contribution >= 4 is 17.3 Å². The molecule has 3 heterocycles. The second kappa shape index (κ2) is 8.91. The van der Waals surface area contributed by atoms with Crippen LogP contribution in [0.5, 0.6) is 0 Å². The Labute approximate surface area is 185 Å². The summed E-state index contributed by atoms with van der Waals surface area (Å²) < 4.78 is 7.32. The lowest BCUT2D eigenvalue weighted by atomic mass is 10.0. The van der Waals surface area contributed by atoms with E-state index in [1.165, 1.54) is 5.69 Å². The summed E-state index contributed by atoms with van der Waals surface area (Å²) in [5, 5.41) is 13.3. The van der Waals surface area contributed by atoms with Crippen molar-refractivity contribution in [3.05, 3.63) is 95.2 Å². The minimum atomic E-state index is -0.142. The summed E-state index contributed by atoms with van der Waals surface area (Å²) in [4.78, 5) is 4.82. The normalized spacial score (nSPS) is 15.8. The van der Waals surface area contributed by atoms with E-state index in [0.717, 1.165) is 43.3 Å². The van der Waals surface area contributed by atoms with Crippen LogP contribution in [0, 0.1) is 0 Å². The van der Waals surface area contributed by atoms with Crippen LogP contribution in [0.4, 0.5) is 5.69 Å². The molecule has 0 amide bonds. The predicted octanol–water partition coefficient (Wildman–Crippen LogP) is 3.88. The highest BCUT2D eigenvalue weighted by atomic mass is 35.5. The minimum absolute atomic E-state index is 0.142. The molecule has 0 N–H and O–H groups in total. The van der Waals surface area contributed by atoms with Crippen LogP contribution in [0.15, 0.2) is 77.4 Å². The fraction of sp³-hybridized carbons (Fsp3) is 0.261. The molecule has 1 atom stereocenters. The molecule has 0 radical (unpaired) electrons. The zero-order valence-electron chi connectivity index (χ0n) is 17.0. The molecular formula is C23H23ClN6O.